The molecule has 90 valence electrons. The van der Waals surface area contributed by atoms with Crippen LogP contribution in [0.2, 0.25) is 0 Å². The monoisotopic (exact) mass is 236 g/mol. The second-order valence-corrected chi connectivity index (χ2v) is 5.10. The third-order valence-corrected chi connectivity index (χ3v) is 3.96. The van der Waals surface area contributed by atoms with Gasteiger partial charge in [0, 0.05) is 6.04 Å². The summed E-state index contributed by atoms with van der Waals surface area (Å²) in [6, 6.07) is -0.223. The number of amides is 4. The molecule has 6 heteroatoms. The van der Waals surface area contributed by atoms with Gasteiger partial charge in [-0.2, -0.15) is 0 Å². The zero-order valence-electron chi connectivity index (χ0n) is 9.47. The first-order chi connectivity index (χ1) is 7.95. The molecule has 6 nitrogen and oxygen atoms in total. The fourth-order valence-corrected chi connectivity index (χ4v) is 3.24. The number of imide groups is 2. The van der Waals surface area contributed by atoms with Gasteiger partial charge in [-0.3, -0.25) is 29.4 Å². The van der Waals surface area contributed by atoms with E-state index in [0.717, 1.165) is 0 Å². The van der Waals surface area contributed by atoms with Gasteiger partial charge in [-0.15, -0.1) is 0 Å². The Balaban J connectivity index is 1.99. The molecule has 3 fully saturated rings. The first kappa shape index (κ1) is 10.4. The molecule has 2 heterocycles. The van der Waals surface area contributed by atoms with Crippen LogP contribution in [-0.2, 0) is 19.2 Å². The van der Waals surface area contributed by atoms with Gasteiger partial charge in [0.1, 0.15) is 0 Å². The minimum atomic E-state index is -0.618. The summed E-state index contributed by atoms with van der Waals surface area (Å²) in [5.74, 6) is -3.88. The van der Waals surface area contributed by atoms with Gasteiger partial charge in [0.25, 0.3) is 0 Å². The van der Waals surface area contributed by atoms with E-state index in [1.165, 1.54) is 4.90 Å². The van der Waals surface area contributed by atoms with E-state index in [9.17, 15) is 19.2 Å². The van der Waals surface area contributed by atoms with E-state index in [1.54, 1.807) is 13.8 Å². The summed E-state index contributed by atoms with van der Waals surface area (Å²) in [5, 5.41) is 2.19. The number of nitrogens with zero attached hydrogens (tertiary/aromatic N) is 1. The van der Waals surface area contributed by atoms with Crippen molar-refractivity contribution in [2.75, 3.05) is 0 Å². The Morgan fingerprint density at radius 1 is 0.882 bits per heavy atom. The summed E-state index contributed by atoms with van der Waals surface area (Å²) in [5.41, 5.74) is 0. The molecule has 0 radical (unpaired) electrons. The highest BCUT2D eigenvalue weighted by Gasteiger charge is 2.71. The van der Waals surface area contributed by atoms with E-state index in [-0.39, 0.29) is 17.9 Å². The number of hydrogen-bond acceptors (Lipinski definition) is 4. The number of likely N-dealkylation sites (tertiary alicyclic amines) is 1. The molecule has 4 unspecified atom stereocenters. The molecule has 3 rings (SSSR count). The second kappa shape index (κ2) is 2.94. The van der Waals surface area contributed by atoms with Crippen LogP contribution in [0.4, 0.5) is 0 Å². The van der Waals surface area contributed by atoms with E-state index in [1.807, 2.05) is 0 Å². The molecule has 1 aliphatic carbocycles. The maximum atomic E-state index is 12.0. The number of nitrogens with one attached hydrogen (secondary N) is 1. The maximum Gasteiger partial charge on any atom is 0.234 e. The van der Waals surface area contributed by atoms with Crippen LogP contribution in [0.25, 0.3) is 0 Å². The van der Waals surface area contributed by atoms with Crippen LogP contribution in [-0.4, -0.2) is 34.6 Å². The Morgan fingerprint density at radius 3 is 1.65 bits per heavy atom. The molecule has 1 N–H and O–H groups in total. The predicted octanol–water partition coefficient (Wildman–Crippen LogP) is -1.10. The fourth-order valence-electron chi connectivity index (χ4n) is 3.24. The number of rotatable bonds is 1. The molecule has 2 aliphatic heterocycles. The average molecular weight is 236 g/mol. The summed E-state index contributed by atoms with van der Waals surface area (Å²) in [6.07, 6.45) is 0. The third kappa shape index (κ3) is 1.01. The van der Waals surface area contributed by atoms with Crippen LogP contribution in [0.3, 0.4) is 0 Å². The molecular weight excluding hydrogens is 224 g/mol. The summed E-state index contributed by atoms with van der Waals surface area (Å²) in [7, 11) is 0. The molecule has 0 bridgehead atoms. The minimum Gasteiger partial charge on any atom is -0.296 e. The highest BCUT2D eigenvalue weighted by Crippen LogP contribution is 2.54. The van der Waals surface area contributed by atoms with Gasteiger partial charge >= 0.3 is 0 Å². The zero-order valence-corrected chi connectivity index (χ0v) is 9.47. The van der Waals surface area contributed by atoms with Crippen LogP contribution in [0.15, 0.2) is 0 Å². The fraction of sp³-hybridized carbons (Fsp3) is 0.636. The van der Waals surface area contributed by atoms with Gasteiger partial charge in [-0.25, -0.2) is 0 Å². The van der Waals surface area contributed by atoms with Crippen molar-refractivity contribution in [1.29, 1.82) is 0 Å². The average Bonchev–Trinajstić information content (AvgIpc) is 2.45. The molecule has 4 atom stereocenters. The Labute approximate surface area is 97.3 Å². The Morgan fingerprint density at radius 2 is 1.29 bits per heavy atom. The lowest BCUT2D eigenvalue weighted by Crippen LogP contribution is -2.50. The quantitative estimate of drug-likeness (QED) is 0.586. The standard InChI is InChI=1S/C11H12N2O4/c1-3(2)13-10(16)6-4-5(7(6)11(13)17)9(15)12-8(4)14/h3-7H,1-2H3,(H,12,14,15). The zero-order chi connectivity index (χ0) is 12.5. The van der Waals surface area contributed by atoms with Gasteiger partial charge in [-0.1, -0.05) is 0 Å². The van der Waals surface area contributed by atoms with Crippen molar-refractivity contribution in [1.82, 2.24) is 10.2 Å². The Hall–Kier alpha value is -1.72. The van der Waals surface area contributed by atoms with E-state index >= 15 is 0 Å². The first-order valence-corrected chi connectivity index (χ1v) is 5.66. The van der Waals surface area contributed by atoms with Gasteiger partial charge < -0.3 is 0 Å². The van der Waals surface area contributed by atoms with Crippen LogP contribution < -0.4 is 5.32 Å². The SMILES string of the molecule is CC(C)N1C(=O)C2C3C(=O)NC(=O)C3C2C1=O. The van der Waals surface area contributed by atoms with E-state index in [0.29, 0.717) is 0 Å². The Kier molecular flexibility index (Phi) is 1.80. The lowest BCUT2D eigenvalue weighted by Gasteiger charge is -2.36. The molecule has 2 saturated heterocycles. The smallest absolute Gasteiger partial charge is 0.234 e. The third-order valence-electron chi connectivity index (χ3n) is 3.96. The van der Waals surface area contributed by atoms with Crippen LogP contribution in [0.1, 0.15) is 13.8 Å². The van der Waals surface area contributed by atoms with E-state index in [4.69, 9.17) is 0 Å². The molecule has 17 heavy (non-hydrogen) atoms. The molecule has 0 spiro atoms. The number of carbonyl (C=O) groups excluding carboxylic acids is 4. The predicted molar refractivity (Wildman–Crippen MR) is 54.1 cm³/mol. The lowest BCUT2D eigenvalue weighted by atomic mass is 9.59. The van der Waals surface area contributed by atoms with Crippen molar-refractivity contribution in [3.63, 3.8) is 0 Å². The molecule has 1 saturated carbocycles. The van der Waals surface area contributed by atoms with Crippen LogP contribution >= 0.6 is 0 Å². The summed E-state index contributed by atoms with van der Waals surface area (Å²) >= 11 is 0. The minimum absolute atomic E-state index is 0.223. The largest absolute Gasteiger partial charge is 0.296 e. The van der Waals surface area contributed by atoms with Crippen molar-refractivity contribution in [2.24, 2.45) is 23.7 Å². The maximum absolute atomic E-state index is 12.0. The summed E-state index contributed by atoms with van der Waals surface area (Å²) < 4.78 is 0. The Bertz CT molecular complexity index is 432. The molecule has 4 amide bonds. The van der Waals surface area contributed by atoms with Crippen molar-refractivity contribution < 1.29 is 19.2 Å². The molecule has 0 aromatic carbocycles. The van der Waals surface area contributed by atoms with Gasteiger partial charge in [0.15, 0.2) is 0 Å². The number of hydrogen-bond donors (Lipinski definition) is 1. The highest BCUT2D eigenvalue weighted by molar-refractivity contribution is 6.17. The summed E-state index contributed by atoms with van der Waals surface area (Å²) in [4.78, 5) is 48.3. The van der Waals surface area contributed by atoms with Crippen LogP contribution in [0, 0.1) is 23.7 Å². The van der Waals surface area contributed by atoms with Crippen molar-refractivity contribution in [3.8, 4) is 0 Å². The van der Waals surface area contributed by atoms with Crippen molar-refractivity contribution >= 4 is 23.6 Å². The van der Waals surface area contributed by atoms with E-state index < -0.39 is 35.5 Å². The molecule has 0 aromatic rings. The van der Waals surface area contributed by atoms with Crippen LogP contribution in [0.5, 0.6) is 0 Å². The van der Waals surface area contributed by atoms with Gasteiger partial charge in [0.2, 0.25) is 23.6 Å². The topological polar surface area (TPSA) is 83.6 Å². The van der Waals surface area contributed by atoms with Gasteiger partial charge in [-0.05, 0) is 13.8 Å². The lowest BCUT2D eigenvalue weighted by molar-refractivity contribution is -0.146. The van der Waals surface area contributed by atoms with Crippen molar-refractivity contribution in [3.05, 3.63) is 0 Å². The first-order valence-electron chi connectivity index (χ1n) is 5.66. The number of carbonyl (C=O) groups is 4. The molecular formula is C11H12N2O4. The van der Waals surface area contributed by atoms with E-state index in [2.05, 4.69) is 5.32 Å². The highest BCUT2D eigenvalue weighted by atomic mass is 16.2. The normalized spacial score (nSPS) is 39.4. The molecule has 3 aliphatic rings. The summed E-state index contributed by atoms with van der Waals surface area (Å²) in [6.45, 7) is 3.50. The molecule has 0 aromatic heterocycles. The van der Waals surface area contributed by atoms with Gasteiger partial charge in [0.05, 0.1) is 23.7 Å². The second-order valence-electron chi connectivity index (χ2n) is 5.10. The number of fused-ring (bicyclic) bond motifs is 4. The van der Waals surface area contributed by atoms with Crippen molar-refractivity contribution in [2.45, 2.75) is 19.9 Å².